The van der Waals surface area contributed by atoms with Crippen molar-refractivity contribution in [3.05, 3.63) is 125 Å². The number of carbonyl (C=O) groups excluding carboxylic acids is 2. The van der Waals surface area contributed by atoms with Crippen LogP contribution in [0.4, 0.5) is 0 Å². The molecule has 0 amide bonds. The van der Waals surface area contributed by atoms with Crippen molar-refractivity contribution in [1.29, 1.82) is 0 Å². The zero-order chi connectivity index (χ0) is 22.6. The maximum atomic E-state index is 13.2. The summed E-state index contributed by atoms with van der Waals surface area (Å²) in [5.74, 6) is 0.230. The SMILES string of the molecule is O=C(COc1c(C(=O)c2ccccc2)sc2ccccc12)c1ccc(-c2ccccc2)cc1. The number of ketones is 2. The van der Waals surface area contributed by atoms with Crippen LogP contribution in [-0.2, 0) is 0 Å². The molecule has 0 bridgehead atoms. The first-order valence-electron chi connectivity index (χ1n) is 10.6. The van der Waals surface area contributed by atoms with Crippen LogP contribution < -0.4 is 4.74 Å². The van der Waals surface area contributed by atoms with Crippen molar-refractivity contribution in [2.24, 2.45) is 0 Å². The minimum absolute atomic E-state index is 0.105. The van der Waals surface area contributed by atoms with E-state index in [1.807, 2.05) is 97.1 Å². The smallest absolute Gasteiger partial charge is 0.206 e. The van der Waals surface area contributed by atoms with Gasteiger partial charge in [-0.25, -0.2) is 0 Å². The van der Waals surface area contributed by atoms with Gasteiger partial charge in [-0.3, -0.25) is 9.59 Å². The van der Waals surface area contributed by atoms with Crippen molar-refractivity contribution >= 4 is 33.0 Å². The molecule has 33 heavy (non-hydrogen) atoms. The Labute approximate surface area is 195 Å². The second-order valence-corrected chi connectivity index (χ2v) is 8.66. The number of thiophene rings is 1. The first-order chi connectivity index (χ1) is 16.2. The zero-order valence-corrected chi connectivity index (χ0v) is 18.5. The molecule has 0 aliphatic heterocycles. The predicted octanol–water partition coefficient (Wildman–Crippen LogP) is 7.06. The van der Waals surface area contributed by atoms with Crippen LogP contribution >= 0.6 is 11.3 Å². The van der Waals surface area contributed by atoms with Crippen LogP contribution in [0, 0.1) is 0 Å². The summed E-state index contributed by atoms with van der Waals surface area (Å²) in [6.07, 6.45) is 0. The van der Waals surface area contributed by atoms with Crippen LogP contribution in [0.15, 0.2) is 109 Å². The molecule has 0 spiro atoms. The summed E-state index contributed by atoms with van der Waals surface area (Å²) in [6, 6.07) is 34.4. The van der Waals surface area contributed by atoms with E-state index in [2.05, 4.69) is 0 Å². The lowest BCUT2D eigenvalue weighted by atomic mass is 10.0. The molecule has 160 valence electrons. The number of fused-ring (bicyclic) bond motifs is 1. The van der Waals surface area contributed by atoms with E-state index >= 15 is 0 Å². The molecule has 4 heteroatoms. The molecule has 1 aromatic heterocycles. The van der Waals surface area contributed by atoms with Crippen molar-refractivity contribution in [3.8, 4) is 16.9 Å². The minimum atomic E-state index is -0.138. The third-order valence-electron chi connectivity index (χ3n) is 5.45. The third kappa shape index (κ3) is 4.34. The lowest BCUT2D eigenvalue weighted by Gasteiger charge is -2.08. The fourth-order valence-corrected chi connectivity index (χ4v) is 4.84. The van der Waals surface area contributed by atoms with Crippen LogP contribution in [0.5, 0.6) is 5.75 Å². The molecule has 0 aliphatic carbocycles. The number of hydrogen-bond acceptors (Lipinski definition) is 4. The molecule has 4 aromatic carbocycles. The van der Waals surface area contributed by atoms with Crippen molar-refractivity contribution < 1.29 is 14.3 Å². The van der Waals surface area contributed by atoms with Gasteiger partial charge < -0.3 is 4.74 Å². The van der Waals surface area contributed by atoms with E-state index in [9.17, 15) is 9.59 Å². The molecule has 0 unspecified atom stereocenters. The fourth-order valence-electron chi connectivity index (χ4n) is 3.74. The van der Waals surface area contributed by atoms with Crippen LogP contribution in [0.2, 0.25) is 0 Å². The maximum absolute atomic E-state index is 13.2. The van der Waals surface area contributed by atoms with Crippen LogP contribution in [-0.4, -0.2) is 18.2 Å². The zero-order valence-electron chi connectivity index (χ0n) is 17.7. The highest BCUT2D eigenvalue weighted by Crippen LogP contribution is 2.39. The molecule has 0 N–H and O–H groups in total. The highest BCUT2D eigenvalue weighted by Gasteiger charge is 2.22. The standard InChI is InChI=1S/C29H20O3S/c30-25(22-17-15-21(16-18-22)20-9-3-1-4-10-20)19-32-28-24-13-7-8-14-26(24)33-29(28)27(31)23-11-5-2-6-12-23/h1-18H,19H2. The van der Waals surface area contributed by atoms with Crippen LogP contribution in [0.1, 0.15) is 25.6 Å². The van der Waals surface area contributed by atoms with Crippen LogP contribution in [0.25, 0.3) is 21.2 Å². The molecule has 3 nitrogen and oxygen atoms in total. The molecule has 1 heterocycles. The average Bonchev–Trinajstić information content (AvgIpc) is 3.26. The molecular formula is C29H20O3S. The van der Waals surface area contributed by atoms with E-state index in [1.54, 1.807) is 12.1 Å². The van der Waals surface area contributed by atoms with Crippen molar-refractivity contribution in [3.63, 3.8) is 0 Å². The molecule has 5 rings (SSSR count). The van der Waals surface area contributed by atoms with Gasteiger partial charge in [0.05, 0.1) is 0 Å². The number of ether oxygens (including phenoxy) is 1. The molecule has 0 saturated carbocycles. The number of hydrogen-bond donors (Lipinski definition) is 0. The Balaban J connectivity index is 1.39. The van der Waals surface area contributed by atoms with Gasteiger partial charge in [0.1, 0.15) is 10.6 Å². The Morgan fingerprint density at radius 1 is 0.636 bits per heavy atom. The van der Waals surface area contributed by atoms with Crippen molar-refractivity contribution in [2.45, 2.75) is 0 Å². The summed E-state index contributed by atoms with van der Waals surface area (Å²) in [6.45, 7) is -0.138. The molecular weight excluding hydrogens is 428 g/mol. The fraction of sp³-hybridized carbons (Fsp3) is 0.0345. The van der Waals surface area contributed by atoms with Gasteiger partial charge in [0.2, 0.25) is 5.78 Å². The normalized spacial score (nSPS) is 10.8. The maximum Gasteiger partial charge on any atom is 0.206 e. The van der Waals surface area contributed by atoms with E-state index in [-0.39, 0.29) is 18.2 Å². The summed E-state index contributed by atoms with van der Waals surface area (Å²) in [7, 11) is 0. The predicted molar refractivity (Wildman–Crippen MR) is 133 cm³/mol. The van der Waals surface area contributed by atoms with Crippen LogP contribution in [0.3, 0.4) is 0 Å². The lowest BCUT2D eigenvalue weighted by molar-refractivity contribution is 0.0917. The van der Waals surface area contributed by atoms with E-state index in [0.717, 1.165) is 21.2 Å². The van der Waals surface area contributed by atoms with E-state index in [0.29, 0.717) is 21.8 Å². The van der Waals surface area contributed by atoms with Gasteiger partial charge in [0.15, 0.2) is 12.4 Å². The average molecular weight is 449 g/mol. The largest absolute Gasteiger partial charge is 0.483 e. The first-order valence-corrected chi connectivity index (χ1v) is 11.4. The number of carbonyl (C=O) groups is 2. The Morgan fingerprint density at radius 3 is 1.97 bits per heavy atom. The molecule has 0 radical (unpaired) electrons. The quantitative estimate of drug-likeness (QED) is 0.250. The Bertz CT molecular complexity index is 1420. The van der Waals surface area contributed by atoms with E-state index < -0.39 is 0 Å². The minimum Gasteiger partial charge on any atom is -0.483 e. The van der Waals surface area contributed by atoms with Crippen molar-refractivity contribution in [1.82, 2.24) is 0 Å². The number of rotatable bonds is 7. The summed E-state index contributed by atoms with van der Waals surface area (Å²) in [5.41, 5.74) is 3.32. The number of benzene rings is 4. The Morgan fingerprint density at radius 2 is 1.24 bits per heavy atom. The van der Waals surface area contributed by atoms with Gasteiger partial charge in [0.25, 0.3) is 0 Å². The molecule has 5 aromatic rings. The highest BCUT2D eigenvalue weighted by molar-refractivity contribution is 7.21. The first kappa shape index (κ1) is 20.9. The Hall–Kier alpha value is -4.02. The monoisotopic (exact) mass is 448 g/mol. The van der Waals surface area contributed by atoms with Gasteiger partial charge in [-0.15, -0.1) is 11.3 Å². The van der Waals surface area contributed by atoms with Gasteiger partial charge in [-0.1, -0.05) is 97.1 Å². The molecule has 0 saturated heterocycles. The van der Waals surface area contributed by atoms with Gasteiger partial charge in [0, 0.05) is 21.2 Å². The van der Waals surface area contributed by atoms with E-state index in [1.165, 1.54) is 11.3 Å². The molecule has 0 fully saturated rings. The second-order valence-electron chi connectivity index (χ2n) is 7.61. The highest BCUT2D eigenvalue weighted by atomic mass is 32.1. The summed E-state index contributed by atoms with van der Waals surface area (Å²) >= 11 is 1.39. The van der Waals surface area contributed by atoms with Gasteiger partial charge >= 0.3 is 0 Å². The number of Topliss-reactive ketones (excluding diaryl/α,β-unsaturated/α-hetero) is 1. The second kappa shape index (κ2) is 9.23. The van der Waals surface area contributed by atoms with E-state index in [4.69, 9.17) is 4.74 Å². The summed E-state index contributed by atoms with van der Waals surface area (Å²) in [4.78, 5) is 26.5. The lowest BCUT2D eigenvalue weighted by Crippen LogP contribution is -2.13. The summed E-state index contributed by atoms with van der Waals surface area (Å²) < 4.78 is 6.95. The van der Waals surface area contributed by atoms with Gasteiger partial charge in [-0.05, 0) is 23.3 Å². The molecule has 0 aliphatic rings. The molecule has 0 atom stereocenters. The third-order valence-corrected chi connectivity index (χ3v) is 6.60. The van der Waals surface area contributed by atoms with Gasteiger partial charge in [-0.2, -0.15) is 0 Å². The van der Waals surface area contributed by atoms with Crippen molar-refractivity contribution in [2.75, 3.05) is 6.61 Å². The topological polar surface area (TPSA) is 43.4 Å². The Kier molecular flexibility index (Phi) is 5.83. The summed E-state index contributed by atoms with van der Waals surface area (Å²) in [5, 5.41) is 0.842.